The van der Waals surface area contributed by atoms with Crippen LogP contribution in [-0.2, 0) is 4.79 Å². The van der Waals surface area contributed by atoms with E-state index < -0.39 is 5.41 Å². The van der Waals surface area contributed by atoms with Crippen molar-refractivity contribution < 1.29 is 4.79 Å². The van der Waals surface area contributed by atoms with Crippen molar-refractivity contribution in [3.63, 3.8) is 0 Å². The fourth-order valence-electron chi connectivity index (χ4n) is 1.77. The number of hydrogen-bond acceptors (Lipinski definition) is 2. The van der Waals surface area contributed by atoms with Crippen molar-refractivity contribution in [2.75, 3.05) is 11.9 Å². The van der Waals surface area contributed by atoms with Crippen LogP contribution >= 0.6 is 0 Å². The molecule has 1 heterocycles. The highest BCUT2D eigenvalue weighted by Gasteiger charge is 2.30. The van der Waals surface area contributed by atoms with Crippen molar-refractivity contribution in [3.05, 3.63) is 35.4 Å². The average Bonchev–Trinajstić information content (AvgIpc) is 2.28. The summed E-state index contributed by atoms with van der Waals surface area (Å²) in [5.41, 5.74) is 8.06. The molecule has 1 aliphatic rings. The van der Waals surface area contributed by atoms with E-state index in [4.69, 9.17) is 5.73 Å². The second kappa shape index (κ2) is 3.67. The summed E-state index contributed by atoms with van der Waals surface area (Å²) in [6.07, 6.45) is 2.05. The second-order valence-corrected chi connectivity index (χ2v) is 4.60. The fraction of sp³-hybridized carbons (Fsp3) is 0.308. The third kappa shape index (κ3) is 1.69. The Labute approximate surface area is 95.3 Å². The number of fused-ring (bicyclic) bond motifs is 1. The Balaban J connectivity index is 2.41. The largest absolute Gasteiger partial charge is 0.381 e. The van der Waals surface area contributed by atoms with Crippen molar-refractivity contribution in [2.24, 2.45) is 11.1 Å². The first kappa shape index (κ1) is 10.7. The lowest BCUT2D eigenvalue weighted by atomic mass is 9.81. The van der Waals surface area contributed by atoms with E-state index >= 15 is 0 Å². The highest BCUT2D eigenvalue weighted by Crippen LogP contribution is 2.33. The summed E-state index contributed by atoms with van der Waals surface area (Å²) in [4.78, 5) is 11.4. The van der Waals surface area contributed by atoms with Gasteiger partial charge in [0.15, 0.2) is 0 Å². The summed E-state index contributed by atoms with van der Waals surface area (Å²) < 4.78 is 0. The number of anilines is 1. The number of benzene rings is 1. The van der Waals surface area contributed by atoms with Gasteiger partial charge in [-0.25, -0.2) is 0 Å². The molecule has 0 saturated heterocycles. The summed E-state index contributed by atoms with van der Waals surface area (Å²) in [5, 5.41) is 3.30. The zero-order valence-corrected chi connectivity index (χ0v) is 9.58. The van der Waals surface area contributed by atoms with Gasteiger partial charge in [0.25, 0.3) is 0 Å². The summed E-state index contributed by atoms with van der Waals surface area (Å²) in [5.74, 6) is -0.292. The minimum atomic E-state index is -0.597. The maximum atomic E-state index is 11.4. The summed E-state index contributed by atoms with van der Waals surface area (Å²) in [6.45, 7) is 4.39. The molecule has 16 heavy (non-hydrogen) atoms. The first-order valence-electron chi connectivity index (χ1n) is 5.35. The molecule has 0 atom stereocenters. The van der Waals surface area contributed by atoms with E-state index in [2.05, 4.69) is 11.4 Å². The highest BCUT2D eigenvalue weighted by atomic mass is 16.1. The predicted molar refractivity (Wildman–Crippen MR) is 65.9 cm³/mol. The van der Waals surface area contributed by atoms with Crippen LogP contribution in [-0.4, -0.2) is 12.5 Å². The Morgan fingerprint density at radius 2 is 2.06 bits per heavy atom. The van der Waals surface area contributed by atoms with Crippen molar-refractivity contribution in [1.29, 1.82) is 0 Å². The zero-order valence-electron chi connectivity index (χ0n) is 9.58. The molecule has 0 aliphatic carbocycles. The lowest BCUT2D eigenvalue weighted by Crippen LogP contribution is -2.36. The van der Waals surface area contributed by atoms with Crippen LogP contribution in [0, 0.1) is 5.41 Å². The third-order valence-corrected chi connectivity index (χ3v) is 3.18. The predicted octanol–water partition coefficient (Wildman–Crippen LogP) is 2.01. The number of carbonyl (C=O) groups excluding carboxylic acids is 1. The van der Waals surface area contributed by atoms with Crippen molar-refractivity contribution in [2.45, 2.75) is 13.8 Å². The lowest BCUT2D eigenvalue weighted by Gasteiger charge is -2.28. The third-order valence-electron chi connectivity index (χ3n) is 3.18. The quantitative estimate of drug-likeness (QED) is 0.794. The number of para-hydroxylation sites is 1. The van der Waals surface area contributed by atoms with Gasteiger partial charge in [-0.1, -0.05) is 24.3 Å². The zero-order chi connectivity index (χ0) is 11.8. The normalized spacial score (nSPS) is 14.8. The maximum absolute atomic E-state index is 11.4. The summed E-state index contributed by atoms with van der Waals surface area (Å²) in [7, 11) is 0. The van der Waals surface area contributed by atoms with Crippen LogP contribution in [0.25, 0.3) is 6.08 Å². The topological polar surface area (TPSA) is 55.1 Å². The molecule has 0 spiro atoms. The molecule has 0 aromatic heterocycles. The Kier molecular flexibility index (Phi) is 2.46. The molecule has 84 valence electrons. The lowest BCUT2D eigenvalue weighted by molar-refractivity contribution is -0.124. The summed E-state index contributed by atoms with van der Waals surface area (Å²) in [6, 6.07) is 8.03. The molecule has 1 aromatic rings. The van der Waals surface area contributed by atoms with Crippen LogP contribution in [0.15, 0.2) is 29.8 Å². The molecular formula is C13H16N2O. The SMILES string of the molecule is CC(C)(C(N)=O)C1=Cc2ccccc2NC1. The molecule has 2 rings (SSSR count). The van der Waals surface area contributed by atoms with Gasteiger partial charge in [-0.2, -0.15) is 0 Å². The minimum absolute atomic E-state index is 0.292. The van der Waals surface area contributed by atoms with Gasteiger partial charge >= 0.3 is 0 Å². The Morgan fingerprint density at radius 3 is 2.75 bits per heavy atom. The number of rotatable bonds is 2. The van der Waals surface area contributed by atoms with Gasteiger partial charge in [0.1, 0.15) is 0 Å². The van der Waals surface area contributed by atoms with E-state index in [-0.39, 0.29) is 5.91 Å². The Hall–Kier alpha value is -1.77. The standard InChI is InChI=1S/C13H16N2O/c1-13(2,12(14)16)10-7-9-5-3-4-6-11(9)15-8-10/h3-7,15H,8H2,1-2H3,(H2,14,16). The number of hydrogen-bond donors (Lipinski definition) is 2. The molecule has 1 amide bonds. The number of nitrogens with one attached hydrogen (secondary N) is 1. The van der Waals surface area contributed by atoms with Crippen molar-refractivity contribution in [1.82, 2.24) is 0 Å². The van der Waals surface area contributed by atoms with Gasteiger partial charge < -0.3 is 11.1 Å². The molecule has 0 unspecified atom stereocenters. The van der Waals surface area contributed by atoms with Crippen LogP contribution in [0.3, 0.4) is 0 Å². The van der Waals surface area contributed by atoms with Gasteiger partial charge in [-0.15, -0.1) is 0 Å². The number of carbonyl (C=O) groups is 1. The minimum Gasteiger partial charge on any atom is -0.381 e. The smallest absolute Gasteiger partial charge is 0.227 e. The van der Waals surface area contributed by atoms with Crippen LogP contribution in [0.5, 0.6) is 0 Å². The number of primary amides is 1. The molecule has 0 saturated carbocycles. The molecule has 0 bridgehead atoms. The maximum Gasteiger partial charge on any atom is 0.227 e. The van der Waals surface area contributed by atoms with Crippen LogP contribution in [0.4, 0.5) is 5.69 Å². The van der Waals surface area contributed by atoms with Gasteiger partial charge in [0.05, 0.1) is 5.41 Å². The first-order chi connectivity index (χ1) is 7.51. The van der Waals surface area contributed by atoms with Crippen molar-refractivity contribution >= 4 is 17.7 Å². The Bertz CT molecular complexity index is 461. The van der Waals surface area contributed by atoms with E-state index in [0.29, 0.717) is 6.54 Å². The first-order valence-corrected chi connectivity index (χ1v) is 5.35. The van der Waals surface area contributed by atoms with E-state index in [9.17, 15) is 4.79 Å². The van der Waals surface area contributed by atoms with Gasteiger partial charge in [0, 0.05) is 12.2 Å². The van der Waals surface area contributed by atoms with Crippen LogP contribution < -0.4 is 11.1 Å². The van der Waals surface area contributed by atoms with Crippen LogP contribution in [0.2, 0.25) is 0 Å². The Morgan fingerprint density at radius 1 is 1.38 bits per heavy atom. The number of amides is 1. The van der Waals surface area contributed by atoms with Gasteiger partial charge in [-0.05, 0) is 31.1 Å². The van der Waals surface area contributed by atoms with Crippen LogP contribution in [0.1, 0.15) is 19.4 Å². The monoisotopic (exact) mass is 216 g/mol. The molecule has 3 nitrogen and oxygen atoms in total. The molecule has 0 radical (unpaired) electrons. The average molecular weight is 216 g/mol. The van der Waals surface area contributed by atoms with E-state index in [1.54, 1.807) is 0 Å². The summed E-state index contributed by atoms with van der Waals surface area (Å²) >= 11 is 0. The van der Waals surface area contributed by atoms with Gasteiger partial charge in [0.2, 0.25) is 5.91 Å². The van der Waals surface area contributed by atoms with Crippen molar-refractivity contribution in [3.8, 4) is 0 Å². The molecule has 3 heteroatoms. The fourth-order valence-corrected chi connectivity index (χ4v) is 1.77. The van der Waals surface area contributed by atoms with E-state index in [1.165, 1.54) is 0 Å². The highest BCUT2D eigenvalue weighted by molar-refractivity contribution is 5.87. The van der Waals surface area contributed by atoms with Gasteiger partial charge in [-0.3, -0.25) is 4.79 Å². The van der Waals surface area contributed by atoms with E-state index in [1.807, 2.05) is 38.1 Å². The molecule has 1 aliphatic heterocycles. The number of nitrogens with two attached hydrogens (primary N) is 1. The second-order valence-electron chi connectivity index (χ2n) is 4.60. The molecule has 1 aromatic carbocycles. The molecule has 3 N–H and O–H groups in total. The van der Waals surface area contributed by atoms with E-state index in [0.717, 1.165) is 16.8 Å². The molecule has 0 fully saturated rings. The molecular weight excluding hydrogens is 200 g/mol.